The van der Waals surface area contributed by atoms with Crippen molar-refractivity contribution in [3.05, 3.63) is 88.8 Å². The smallest absolute Gasteiger partial charge is 0.279 e. The molecule has 5 heterocycles. The first-order valence-electron chi connectivity index (χ1n) is 12.5. The van der Waals surface area contributed by atoms with Crippen LogP contribution in [0.1, 0.15) is 57.2 Å². The number of nitrogen functional groups attached to an aromatic ring is 1. The molecule has 184 valence electrons. The molecule has 1 aromatic carbocycles. The molecular weight excluding hydrogens is 464 g/mol. The molecule has 1 fully saturated rings. The van der Waals surface area contributed by atoms with Gasteiger partial charge in [0.05, 0.1) is 24.1 Å². The number of anilines is 2. The number of carbonyl (C=O) groups is 1. The second-order valence-corrected chi connectivity index (χ2v) is 10.0. The highest BCUT2D eigenvalue weighted by Crippen LogP contribution is 2.40. The van der Waals surface area contributed by atoms with E-state index in [1.165, 1.54) is 18.4 Å². The van der Waals surface area contributed by atoms with Crippen LogP contribution in [0.4, 0.5) is 11.5 Å². The summed E-state index contributed by atoms with van der Waals surface area (Å²) in [5, 5.41) is 1.98. The molecular formula is C29H26N6O2. The van der Waals surface area contributed by atoms with Gasteiger partial charge in [0.15, 0.2) is 5.69 Å². The lowest BCUT2D eigenvalue weighted by atomic mass is 9.94. The molecule has 1 aliphatic carbocycles. The third kappa shape index (κ3) is 3.59. The van der Waals surface area contributed by atoms with Gasteiger partial charge in [0.25, 0.3) is 5.91 Å². The molecule has 5 aromatic rings. The lowest BCUT2D eigenvalue weighted by Gasteiger charge is -2.33. The number of nitrogens with two attached hydrogens (primary N) is 1. The van der Waals surface area contributed by atoms with E-state index in [9.17, 15) is 4.79 Å². The van der Waals surface area contributed by atoms with Gasteiger partial charge in [-0.05, 0) is 78.4 Å². The van der Waals surface area contributed by atoms with Crippen LogP contribution in [0.25, 0.3) is 16.4 Å². The van der Waals surface area contributed by atoms with E-state index < -0.39 is 0 Å². The highest BCUT2D eigenvalue weighted by molar-refractivity contribution is 6.18. The Hall–Kier alpha value is -4.46. The second-order valence-electron chi connectivity index (χ2n) is 10.0. The highest BCUT2D eigenvalue weighted by atomic mass is 16.5. The molecule has 0 saturated heterocycles. The van der Waals surface area contributed by atoms with Gasteiger partial charge in [0, 0.05) is 30.0 Å². The van der Waals surface area contributed by atoms with E-state index in [4.69, 9.17) is 10.5 Å². The summed E-state index contributed by atoms with van der Waals surface area (Å²) >= 11 is 0. The number of rotatable bonds is 6. The predicted octanol–water partition coefficient (Wildman–Crippen LogP) is 5.09. The summed E-state index contributed by atoms with van der Waals surface area (Å²) in [6.07, 6.45) is 10.1. The van der Waals surface area contributed by atoms with Crippen molar-refractivity contribution in [2.24, 2.45) is 0 Å². The van der Waals surface area contributed by atoms with E-state index in [2.05, 4.69) is 44.6 Å². The molecule has 2 aliphatic rings. The fourth-order valence-electron chi connectivity index (χ4n) is 5.30. The van der Waals surface area contributed by atoms with Crippen LogP contribution in [0, 0.1) is 13.8 Å². The van der Waals surface area contributed by atoms with Crippen LogP contribution < -0.4 is 15.4 Å². The van der Waals surface area contributed by atoms with Gasteiger partial charge >= 0.3 is 0 Å². The van der Waals surface area contributed by atoms with Crippen molar-refractivity contribution in [2.75, 3.05) is 10.6 Å². The van der Waals surface area contributed by atoms with Gasteiger partial charge in [-0.25, -0.2) is 15.0 Å². The zero-order valence-electron chi connectivity index (χ0n) is 20.7. The topological polar surface area (TPSA) is 98.6 Å². The number of ether oxygens (including phenoxy) is 1. The number of imidazole rings is 1. The Kier molecular flexibility index (Phi) is 4.73. The maximum atomic E-state index is 12.8. The summed E-state index contributed by atoms with van der Waals surface area (Å²) in [4.78, 5) is 27.9. The number of nitrogens with zero attached hydrogens (tertiary/aromatic N) is 5. The van der Waals surface area contributed by atoms with Gasteiger partial charge in [-0.1, -0.05) is 6.07 Å². The second kappa shape index (κ2) is 8.03. The molecule has 0 atom stereocenters. The fraction of sp³-hybridized carbons (Fsp3) is 0.241. The molecule has 0 radical (unpaired) electrons. The van der Waals surface area contributed by atoms with Crippen molar-refractivity contribution in [3.8, 4) is 5.75 Å². The number of fused-ring (bicyclic) bond motifs is 3. The molecule has 1 amide bonds. The minimum atomic E-state index is -0.0819. The Balaban J connectivity index is 1.11. The molecule has 7 rings (SSSR count). The molecule has 2 N–H and O–H groups in total. The molecule has 1 aliphatic heterocycles. The normalized spacial score (nSPS) is 14.8. The van der Waals surface area contributed by atoms with Crippen LogP contribution in [-0.4, -0.2) is 25.3 Å². The lowest BCUT2D eigenvalue weighted by Crippen LogP contribution is -2.41. The van der Waals surface area contributed by atoms with E-state index in [0.29, 0.717) is 36.3 Å². The van der Waals surface area contributed by atoms with Gasteiger partial charge in [-0.2, -0.15) is 0 Å². The van der Waals surface area contributed by atoms with Crippen LogP contribution >= 0.6 is 0 Å². The lowest BCUT2D eigenvalue weighted by molar-refractivity contribution is 0.0957. The predicted molar refractivity (Wildman–Crippen MR) is 142 cm³/mol. The fourth-order valence-corrected chi connectivity index (χ4v) is 5.30. The zero-order valence-corrected chi connectivity index (χ0v) is 20.7. The standard InChI is InChI=1S/C29H26N6O2/c1-16-9-23-22(7-8-31-28(23)30)17(2)24(16)14-35-25-10-21(11-32-27(25)29(35)36)37-15-20-13-34-12-19(18-3-4-18)5-6-26(34)33-20/h5-13,18H,3-4,14-15H2,1-2H3,(H2,30,31). The van der Waals surface area contributed by atoms with Crippen molar-refractivity contribution in [2.45, 2.75) is 45.8 Å². The highest BCUT2D eigenvalue weighted by Gasteiger charge is 2.35. The summed E-state index contributed by atoms with van der Waals surface area (Å²) in [6, 6.07) is 10.1. The van der Waals surface area contributed by atoms with E-state index in [1.807, 2.05) is 31.3 Å². The summed E-state index contributed by atoms with van der Waals surface area (Å²) < 4.78 is 8.11. The number of hydrogen-bond acceptors (Lipinski definition) is 6. The van der Waals surface area contributed by atoms with E-state index in [0.717, 1.165) is 44.5 Å². The van der Waals surface area contributed by atoms with Crippen LogP contribution in [0.15, 0.2) is 55.1 Å². The minimum absolute atomic E-state index is 0.0819. The Morgan fingerprint density at radius 1 is 1.08 bits per heavy atom. The Bertz CT molecular complexity index is 1740. The molecule has 37 heavy (non-hydrogen) atoms. The monoisotopic (exact) mass is 490 g/mol. The first-order valence-corrected chi connectivity index (χ1v) is 12.5. The summed E-state index contributed by atoms with van der Waals surface area (Å²) in [5.74, 6) is 1.74. The maximum absolute atomic E-state index is 12.8. The van der Waals surface area contributed by atoms with Crippen molar-refractivity contribution in [3.63, 3.8) is 0 Å². The number of hydrogen-bond donors (Lipinski definition) is 1. The third-order valence-corrected chi connectivity index (χ3v) is 7.57. The number of benzene rings is 1. The number of amides is 1. The quantitative estimate of drug-likeness (QED) is 0.356. The molecule has 0 unspecified atom stereocenters. The van der Waals surface area contributed by atoms with Crippen LogP contribution in [0.3, 0.4) is 0 Å². The van der Waals surface area contributed by atoms with Crippen LogP contribution in [0.2, 0.25) is 0 Å². The van der Waals surface area contributed by atoms with Crippen molar-refractivity contribution < 1.29 is 9.53 Å². The number of pyridine rings is 3. The molecule has 8 nitrogen and oxygen atoms in total. The molecule has 1 saturated carbocycles. The van der Waals surface area contributed by atoms with Gasteiger partial charge in [-0.15, -0.1) is 0 Å². The largest absolute Gasteiger partial charge is 0.486 e. The van der Waals surface area contributed by atoms with Crippen molar-refractivity contribution >= 4 is 33.8 Å². The minimum Gasteiger partial charge on any atom is -0.486 e. The number of aryl methyl sites for hydroxylation is 2. The van der Waals surface area contributed by atoms with Crippen molar-refractivity contribution in [1.82, 2.24) is 19.4 Å². The first-order chi connectivity index (χ1) is 18.0. The molecule has 0 bridgehead atoms. The summed E-state index contributed by atoms with van der Waals surface area (Å²) in [5.41, 5.74) is 13.7. The van der Waals surface area contributed by atoms with Gasteiger partial charge in [-0.3, -0.25) is 4.79 Å². The molecule has 4 aromatic heterocycles. The summed E-state index contributed by atoms with van der Waals surface area (Å²) in [6.45, 7) is 4.89. The molecule has 8 heteroatoms. The maximum Gasteiger partial charge on any atom is 0.279 e. The Morgan fingerprint density at radius 3 is 2.78 bits per heavy atom. The van der Waals surface area contributed by atoms with E-state index >= 15 is 0 Å². The third-order valence-electron chi connectivity index (χ3n) is 7.57. The average Bonchev–Trinajstić information content (AvgIpc) is 3.67. The zero-order chi connectivity index (χ0) is 25.3. The van der Waals surface area contributed by atoms with Crippen LogP contribution in [-0.2, 0) is 13.2 Å². The SMILES string of the molecule is Cc1cc2c(N)nccc2c(C)c1CN1C(=O)c2ncc(OCc3cn4cc(C5CC5)ccc4n3)cc21. The van der Waals surface area contributed by atoms with Gasteiger partial charge < -0.3 is 19.8 Å². The number of carbonyl (C=O) groups excluding carboxylic acids is 1. The average molecular weight is 491 g/mol. The Morgan fingerprint density at radius 2 is 1.95 bits per heavy atom. The van der Waals surface area contributed by atoms with Gasteiger partial charge in [0.2, 0.25) is 0 Å². The van der Waals surface area contributed by atoms with Crippen LogP contribution in [0.5, 0.6) is 5.75 Å². The number of aromatic nitrogens is 4. The van der Waals surface area contributed by atoms with E-state index in [1.54, 1.807) is 17.3 Å². The van der Waals surface area contributed by atoms with Gasteiger partial charge in [0.1, 0.15) is 23.8 Å². The molecule has 0 spiro atoms. The summed E-state index contributed by atoms with van der Waals surface area (Å²) in [7, 11) is 0. The Labute approximate surface area is 213 Å². The van der Waals surface area contributed by atoms with Crippen molar-refractivity contribution in [1.29, 1.82) is 0 Å². The van der Waals surface area contributed by atoms with E-state index in [-0.39, 0.29) is 5.91 Å². The first kappa shape index (κ1) is 21.8.